The van der Waals surface area contributed by atoms with Crippen LogP contribution >= 0.6 is 11.6 Å². The maximum Gasteiger partial charge on any atom is 0.264 e. The number of anilines is 1. The van der Waals surface area contributed by atoms with Crippen LogP contribution in [0.15, 0.2) is 83.8 Å². The van der Waals surface area contributed by atoms with E-state index in [9.17, 15) is 18.0 Å². The second-order valence-corrected chi connectivity index (χ2v) is 12.5. The molecule has 1 atom stereocenters. The molecule has 0 bridgehead atoms. The van der Waals surface area contributed by atoms with Crippen molar-refractivity contribution in [2.24, 2.45) is 0 Å². The molecule has 3 aromatic rings. The number of hydrogen-bond donors (Lipinski definition) is 1. The Morgan fingerprint density at radius 2 is 1.66 bits per heavy atom. The first-order valence-corrected chi connectivity index (χ1v) is 15.6. The number of carbonyl (C=O) groups excluding carboxylic acids is 2. The molecule has 4 rings (SSSR count). The quantitative estimate of drug-likeness (QED) is 0.319. The maximum atomic E-state index is 14.1. The topological polar surface area (TPSA) is 96.0 Å². The summed E-state index contributed by atoms with van der Waals surface area (Å²) >= 11 is 6.22. The van der Waals surface area contributed by atoms with Gasteiger partial charge < -0.3 is 15.0 Å². The molecule has 218 valence electrons. The van der Waals surface area contributed by atoms with E-state index in [1.54, 1.807) is 67.6 Å². The number of halogens is 1. The zero-order chi connectivity index (χ0) is 29.4. The predicted octanol–water partition coefficient (Wildman–Crippen LogP) is 5.41. The molecular weight excluding hydrogens is 562 g/mol. The lowest BCUT2D eigenvalue weighted by atomic mass is 9.95. The molecule has 0 unspecified atom stereocenters. The third-order valence-corrected chi connectivity index (χ3v) is 9.33. The summed E-state index contributed by atoms with van der Waals surface area (Å²) in [5, 5.41) is 3.60. The van der Waals surface area contributed by atoms with Crippen molar-refractivity contribution in [2.75, 3.05) is 18.0 Å². The monoisotopic (exact) mass is 597 g/mol. The normalized spacial score (nSPS) is 14.6. The number of methoxy groups -OCH3 is 1. The van der Waals surface area contributed by atoms with Crippen molar-refractivity contribution in [1.29, 1.82) is 0 Å². The Bertz CT molecular complexity index is 1440. The molecule has 10 heteroatoms. The molecule has 3 aromatic carbocycles. The molecule has 0 saturated heterocycles. The van der Waals surface area contributed by atoms with Crippen molar-refractivity contribution in [1.82, 2.24) is 10.2 Å². The van der Waals surface area contributed by atoms with Gasteiger partial charge in [0.15, 0.2) is 0 Å². The van der Waals surface area contributed by atoms with Crippen LogP contribution in [0.3, 0.4) is 0 Å². The Kier molecular flexibility index (Phi) is 10.3. The standard InChI is InChI=1S/C31H36ClN3O5S/c1-23(31(37)33-26-14-5-3-6-15-26)34(21-24-12-11-13-25(32)20-24)30(36)22-35(28-18-9-10-19-29(28)40-2)41(38,39)27-16-7-4-8-17-27/h4,7-13,16-20,23,26H,3,5-6,14-15,21-22H2,1-2H3,(H,33,37)/t23-/m1/s1. The third kappa shape index (κ3) is 7.59. The zero-order valence-corrected chi connectivity index (χ0v) is 24.9. The van der Waals surface area contributed by atoms with Crippen molar-refractivity contribution < 1.29 is 22.7 Å². The minimum Gasteiger partial charge on any atom is -0.495 e. The fraction of sp³-hybridized carbons (Fsp3) is 0.355. The summed E-state index contributed by atoms with van der Waals surface area (Å²) in [4.78, 5) is 28.9. The SMILES string of the molecule is COc1ccccc1N(CC(=O)N(Cc1cccc(Cl)c1)[C@H](C)C(=O)NC1CCCCC1)S(=O)(=O)c1ccccc1. The van der Waals surface area contributed by atoms with Gasteiger partial charge in [-0.05, 0) is 61.7 Å². The van der Waals surface area contributed by atoms with E-state index < -0.39 is 28.5 Å². The van der Waals surface area contributed by atoms with Crippen molar-refractivity contribution >= 4 is 39.1 Å². The number of amides is 2. The Labute approximate surface area is 247 Å². The summed E-state index contributed by atoms with van der Waals surface area (Å²) < 4.78 is 34.4. The third-order valence-electron chi connectivity index (χ3n) is 7.32. The highest BCUT2D eigenvalue weighted by Gasteiger charge is 2.34. The molecule has 1 fully saturated rings. The molecule has 0 spiro atoms. The van der Waals surface area contributed by atoms with E-state index in [4.69, 9.17) is 16.3 Å². The summed E-state index contributed by atoms with van der Waals surface area (Å²) in [7, 11) is -2.74. The molecule has 1 N–H and O–H groups in total. The van der Waals surface area contributed by atoms with Gasteiger partial charge in [-0.25, -0.2) is 8.42 Å². The lowest BCUT2D eigenvalue weighted by molar-refractivity contribution is -0.139. The first kappa shape index (κ1) is 30.4. The number of carbonyl (C=O) groups is 2. The largest absolute Gasteiger partial charge is 0.495 e. The Balaban J connectivity index is 1.69. The molecule has 1 saturated carbocycles. The Morgan fingerprint density at radius 3 is 2.34 bits per heavy atom. The number of para-hydroxylation sites is 2. The van der Waals surface area contributed by atoms with Gasteiger partial charge in [0.1, 0.15) is 18.3 Å². The molecule has 0 heterocycles. The number of ether oxygens (including phenoxy) is 1. The van der Waals surface area contributed by atoms with Crippen LogP contribution in [-0.2, 0) is 26.2 Å². The summed E-state index contributed by atoms with van der Waals surface area (Å²) in [5.41, 5.74) is 0.937. The van der Waals surface area contributed by atoms with Crippen LogP contribution < -0.4 is 14.4 Å². The average Bonchev–Trinajstić information content (AvgIpc) is 2.99. The predicted molar refractivity (Wildman–Crippen MR) is 160 cm³/mol. The minimum absolute atomic E-state index is 0.0307. The fourth-order valence-corrected chi connectivity index (χ4v) is 6.71. The van der Waals surface area contributed by atoms with Crippen molar-refractivity contribution in [2.45, 2.75) is 62.6 Å². The van der Waals surface area contributed by atoms with Gasteiger partial charge in [-0.1, -0.05) is 73.3 Å². The summed E-state index contributed by atoms with van der Waals surface area (Å²) in [6.07, 6.45) is 5.05. The van der Waals surface area contributed by atoms with E-state index in [0.717, 1.165) is 42.0 Å². The number of hydrogen-bond acceptors (Lipinski definition) is 5. The number of sulfonamides is 1. The smallest absolute Gasteiger partial charge is 0.264 e. The molecule has 41 heavy (non-hydrogen) atoms. The number of benzene rings is 3. The van der Waals surface area contributed by atoms with Gasteiger partial charge in [-0.2, -0.15) is 0 Å². The minimum atomic E-state index is -4.18. The molecular formula is C31H36ClN3O5S. The van der Waals surface area contributed by atoms with Gasteiger partial charge in [0.25, 0.3) is 10.0 Å². The van der Waals surface area contributed by atoms with E-state index in [0.29, 0.717) is 10.8 Å². The van der Waals surface area contributed by atoms with Crippen molar-refractivity contribution in [3.8, 4) is 5.75 Å². The van der Waals surface area contributed by atoms with E-state index in [2.05, 4.69) is 5.32 Å². The summed E-state index contributed by atoms with van der Waals surface area (Å²) in [6, 6.07) is 20.8. The molecule has 0 aliphatic heterocycles. The number of rotatable bonds is 11. The molecule has 0 radical (unpaired) electrons. The van der Waals surface area contributed by atoms with Crippen LogP contribution in [0, 0.1) is 0 Å². The van der Waals surface area contributed by atoms with E-state index in [1.165, 1.54) is 24.1 Å². The van der Waals surface area contributed by atoms with Gasteiger partial charge in [0, 0.05) is 17.6 Å². The van der Waals surface area contributed by atoms with Crippen LogP contribution in [0.4, 0.5) is 5.69 Å². The highest BCUT2D eigenvalue weighted by atomic mass is 35.5. The summed E-state index contributed by atoms with van der Waals surface area (Å²) in [6.45, 7) is 1.20. The molecule has 0 aromatic heterocycles. The van der Waals surface area contributed by atoms with Crippen LogP contribution in [0.1, 0.15) is 44.6 Å². The van der Waals surface area contributed by atoms with Crippen LogP contribution in [0.25, 0.3) is 0 Å². The van der Waals surface area contributed by atoms with Crippen molar-refractivity contribution in [3.63, 3.8) is 0 Å². The highest BCUT2D eigenvalue weighted by Crippen LogP contribution is 2.32. The molecule has 8 nitrogen and oxygen atoms in total. The van der Waals surface area contributed by atoms with Gasteiger partial charge in [-0.15, -0.1) is 0 Å². The van der Waals surface area contributed by atoms with Crippen molar-refractivity contribution in [3.05, 3.63) is 89.4 Å². The van der Waals surface area contributed by atoms with E-state index >= 15 is 0 Å². The lowest BCUT2D eigenvalue weighted by Gasteiger charge is -2.33. The Morgan fingerprint density at radius 1 is 0.976 bits per heavy atom. The van der Waals surface area contributed by atoms with Gasteiger partial charge in [-0.3, -0.25) is 13.9 Å². The second kappa shape index (κ2) is 13.9. The number of nitrogens with one attached hydrogen (secondary N) is 1. The van der Waals surface area contributed by atoms with Gasteiger partial charge in [0.05, 0.1) is 17.7 Å². The highest BCUT2D eigenvalue weighted by molar-refractivity contribution is 7.92. The van der Waals surface area contributed by atoms with Gasteiger partial charge >= 0.3 is 0 Å². The first-order valence-electron chi connectivity index (χ1n) is 13.8. The first-order chi connectivity index (χ1) is 19.7. The van der Waals surface area contributed by atoms with Crippen LogP contribution in [-0.4, -0.2) is 50.9 Å². The maximum absolute atomic E-state index is 14.1. The van der Waals surface area contributed by atoms with Crippen LogP contribution in [0.2, 0.25) is 5.02 Å². The van der Waals surface area contributed by atoms with Gasteiger partial charge in [0.2, 0.25) is 11.8 Å². The molecule has 1 aliphatic rings. The fourth-order valence-electron chi connectivity index (χ4n) is 5.05. The zero-order valence-electron chi connectivity index (χ0n) is 23.3. The van der Waals surface area contributed by atoms with Crippen LogP contribution in [0.5, 0.6) is 5.75 Å². The lowest BCUT2D eigenvalue weighted by Crippen LogP contribution is -2.53. The van der Waals surface area contributed by atoms with E-state index in [1.807, 2.05) is 6.07 Å². The molecule has 1 aliphatic carbocycles. The Hall–Kier alpha value is -3.56. The second-order valence-electron chi connectivity index (χ2n) is 10.2. The number of nitrogens with zero attached hydrogens (tertiary/aromatic N) is 2. The van der Waals surface area contributed by atoms with E-state index in [-0.39, 0.29) is 29.1 Å². The molecule has 2 amide bonds. The average molecular weight is 598 g/mol. The summed E-state index contributed by atoms with van der Waals surface area (Å²) in [5.74, 6) is -0.520.